The Bertz CT molecular complexity index is 861. The van der Waals surface area contributed by atoms with Gasteiger partial charge in [0.1, 0.15) is 5.82 Å². The number of carbonyl (C=O) groups excluding carboxylic acids is 2. The highest BCUT2D eigenvalue weighted by atomic mass is 32.2. The molecule has 1 aliphatic rings. The van der Waals surface area contributed by atoms with Gasteiger partial charge in [-0.05, 0) is 26.2 Å². The third-order valence-corrected chi connectivity index (χ3v) is 7.15. The van der Waals surface area contributed by atoms with Crippen molar-refractivity contribution < 1.29 is 14.3 Å². The Hall–Kier alpha value is -1.94. The van der Waals surface area contributed by atoms with Crippen LogP contribution in [0.3, 0.4) is 0 Å². The number of nitrogens with one attached hydrogen (secondary N) is 1. The van der Waals surface area contributed by atoms with Gasteiger partial charge in [-0.2, -0.15) is 0 Å². The number of thioether (sulfide) groups is 1. The molecule has 0 spiro atoms. The summed E-state index contributed by atoms with van der Waals surface area (Å²) in [5.74, 6) is 1.58. The van der Waals surface area contributed by atoms with Crippen molar-refractivity contribution in [3.05, 3.63) is 16.9 Å². The Morgan fingerprint density at radius 1 is 1.26 bits per heavy atom. The fraction of sp³-hybridized carbons (Fsp3) is 0.667. The summed E-state index contributed by atoms with van der Waals surface area (Å²) in [7, 11) is 0. The summed E-state index contributed by atoms with van der Waals surface area (Å²) < 4.78 is 7.03. The van der Waals surface area contributed by atoms with Gasteiger partial charge in [-0.25, -0.2) is 4.98 Å². The number of hydrogen-bond acceptors (Lipinski definition) is 8. The number of aryl methyl sites for hydroxylation is 1. The SMILES string of the molecule is CCOC(=O)Cc1csc(NC(=O)CSc2nnc(CCC3CCCCC3)n2CC)n1. The first kappa shape index (κ1) is 23.7. The van der Waals surface area contributed by atoms with E-state index in [9.17, 15) is 9.59 Å². The molecule has 0 unspecified atom stereocenters. The van der Waals surface area contributed by atoms with E-state index in [2.05, 4.69) is 32.0 Å². The molecule has 170 valence electrons. The molecule has 2 aromatic rings. The first-order valence-corrected chi connectivity index (χ1v) is 12.9. The number of carbonyl (C=O) groups is 2. The fourth-order valence-electron chi connectivity index (χ4n) is 3.83. The third-order valence-electron chi connectivity index (χ3n) is 5.37. The summed E-state index contributed by atoms with van der Waals surface area (Å²) in [5.41, 5.74) is 0.597. The van der Waals surface area contributed by atoms with Crippen molar-refractivity contribution in [2.45, 2.75) is 76.9 Å². The van der Waals surface area contributed by atoms with Gasteiger partial charge in [-0.3, -0.25) is 9.59 Å². The number of nitrogens with zero attached hydrogens (tertiary/aromatic N) is 4. The van der Waals surface area contributed by atoms with Crippen LogP contribution >= 0.6 is 23.1 Å². The molecule has 0 atom stereocenters. The molecule has 31 heavy (non-hydrogen) atoms. The molecule has 1 N–H and O–H groups in total. The van der Waals surface area contributed by atoms with E-state index in [-0.39, 0.29) is 24.1 Å². The molecule has 2 aromatic heterocycles. The van der Waals surface area contributed by atoms with Crippen molar-refractivity contribution >= 4 is 40.1 Å². The molecule has 10 heteroatoms. The standard InChI is InChI=1S/C21H31N5O3S2/c1-3-26-17(11-10-15-8-6-5-7-9-15)24-25-21(26)31-14-18(27)23-20-22-16(13-30-20)12-19(28)29-4-2/h13,15H,3-12,14H2,1-2H3,(H,22,23,27). The van der Waals surface area contributed by atoms with E-state index in [0.717, 1.165) is 29.9 Å². The van der Waals surface area contributed by atoms with E-state index in [4.69, 9.17) is 4.74 Å². The molecule has 0 saturated heterocycles. The van der Waals surface area contributed by atoms with E-state index < -0.39 is 0 Å². The van der Waals surface area contributed by atoms with E-state index in [1.807, 2.05) is 0 Å². The van der Waals surface area contributed by atoms with E-state index in [1.54, 1.807) is 12.3 Å². The summed E-state index contributed by atoms with van der Waals surface area (Å²) in [6, 6.07) is 0. The Morgan fingerprint density at radius 3 is 2.81 bits per heavy atom. The molecule has 0 aromatic carbocycles. The highest BCUT2D eigenvalue weighted by Crippen LogP contribution is 2.28. The van der Waals surface area contributed by atoms with Crippen LogP contribution in [0.4, 0.5) is 5.13 Å². The van der Waals surface area contributed by atoms with Crippen LogP contribution in [-0.4, -0.2) is 44.0 Å². The number of amides is 1. The van der Waals surface area contributed by atoms with Crippen LogP contribution in [0.2, 0.25) is 0 Å². The van der Waals surface area contributed by atoms with Crippen molar-refractivity contribution in [2.24, 2.45) is 5.92 Å². The van der Waals surface area contributed by atoms with Crippen molar-refractivity contribution in [1.29, 1.82) is 0 Å². The van der Waals surface area contributed by atoms with Crippen molar-refractivity contribution in [3.8, 4) is 0 Å². The van der Waals surface area contributed by atoms with Crippen LogP contribution in [0, 0.1) is 5.92 Å². The Kier molecular flexibility index (Phi) is 9.32. The first-order chi connectivity index (χ1) is 15.1. The molecule has 2 heterocycles. The second-order valence-electron chi connectivity index (χ2n) is 7.65. The normalized spacial score (nSPS) is 14.5. The lowest BCUT2D eigenvalue weighted by atomic mass is 9.86. The van der Waals surface area contributed by atoms with Gasteiger partial charge in [0.15, 0.2) is 10.3 Å². The zero-order chi connectivity index (χ0) is 22.1. The first-order valence-electron chi connectivity index (χ1n) is 11.0. The molecule has 8 nitrogen and oxygen atoms in total. The summed E-state index contributed by atoms with van der Waals surface area (Å²) in [5, 5.41) is 14.5. The molecule has 3 rings (SSSR count). The average Bonchev–Trinajstić information content (AvgIpc) is 3.37. The summed E-state index contributed by atoms with van der Waals surface area (Å²) in [4.78, 5) is 28.2. The topological polar surface area (TPSA) is 99.0 Å². The van der Waals surface area contributed by atoms with Crippen LogP contribution in [0.1, 0.15) is 63.9 Å². The monoisotopic (exact) mass is 465 g/mol. The van der Waals surface area contributed by atoms with Gasteiger partial charge < -0.3 is 14.6 Å². The smallest absolute Gasteiger partial charge is 0.311 e. The molecule has 1 saturated carbocycles. The van der Waals surface area contributed by atoms with Crippen LogP contribution in [0.5, 0.6) is 0 Å². The minimum absolute atomic E-state index is 0.109. The minimum Gasteiger partial charge on any atom is -0.466 e. The number of anilines is 1. The number of rotatable bonds is 11. The lowest BCUT2D eigenvalue weighted by Gasteiger charge is -2.21. The van der Waals surface area contributed by atoms with E-state index >= 15 is 0 Å². The molecular weight excluding hydrogens is 434 g/mol. The third kappa shape index (κ3) is 7.31. The summed E-state index contributed by atoms with van der Waals surface area (Å²) in [6.07, 6.45) is 8.97. The highest BCUT2D eigenvalue weighted by Gasteiger charge is 2.18. The van der Waals surface area contributed by atoms with Crippen molar-refractivity contribution in [3.63, 3.8) is 0 Å². The number of hydrogen-bond donors (Lipinski definition) is 1. The van der Waals surface area contributed by atoms with Crippen LogP contribution in [0.25, 0.3) is 0 Å². The van der Waals surface area contributed by atoms with Crippen LogP contribution in [0.15, 0.2) is 10.5 Å². The Morgan fingerprint density at radius 2 is 2.06 bits per heavy atom. The predicted octanol–water partition coefficient (Wildman–Crippen LogP) is 4.10. The van der Waals surface area contributed by atoms with Gasteiger partial charge in [0.05, 0.1) is 24.5 Å². The fourth-order valence-corrected chi connectivity index (χ4v) is 5.38. The maximum Gasteiger partial charge on any atom is 0.311 e. The lowest BCUT2D eigenvalue weighted by molar-refractivity contribution is -0.142. The second kappa shape index (κ2) is 12.2. The van der Waals surface area contributed by atoms with Crippen LogP contribution < -0.4 is 5.32 Å². The van der Waals surface area contributed by atoms with Gasteiger partial charge >= 0.3 is 5.97 Å². The van der Waals surface area contributed by atoms with Crippen molar-refractivity contribution in [2.75, 3.05) is 17.7 Å². The Balaban J connectivity index is 1.47. The number of thiazole rings is 1. The average molecular weight is 466 g/mol. The van der Waals surface area contributed by atoms with Crippen molar-refractivity contribution in [1.82, 2.24) is 19.7 Å². The second-order valence-corrected chi connectivity index (χ2v) is 9.45. The minimum atomic E-state index is -0.320. The Labute approximate surface area is 191 Å². The molecular formula is C21H31N5O3S2. The number of ether oxygens (including phenoxy) is 1. The highest BCUT2D eigenvalue weighted by molar-refractivity contribution is 7.99. The summed E-state index contributed by atoms with van der Waals surface area (Å²) in [6.45, 7) is 4.98. The van der Waals surface area contributed by atoms with Gasteiger partial charge in [0.25, 0.3) is 0 Å². The molecule has 1 amide bonds. The zero-order valence-corrected chi connectivity index (χ0v) is 19.9. The largest absolute Gasteiger partial charge is 0.466 e. The molecule has 0 aliphatic heterocycles. The maximum atomic E-state index is 12.3. The molecule has 0 bridgehead atoms. The number of aromatic nitrogens is 4. The van der Waals surface area contributed by atoms with Gasteiger partial charge in [-0.15, -0.1) is 21.5 Å². The summed E-state index contributed by atoms with van der Waals surface area (Å²) >= 11 is 2.68. The van der Waals surface area contributed by atoms with Gasteiger partial charge in [0, 0.05) is 18.3 Å². The lowest BCUT2D eigenvalue weighted by Crippen LogP contribution is -2.15. The van der Waals surface area contributed by atoms with E-state index in [1.165, 1.54) is 61.6 Å². The zero-order valence-electron chi connectivity index (χ0n) is 18.3. The quantitative estimate of drug-likeness (QED) is 0.394. The number of esters is 1. The molecule has 0 radical (unpaired) electrons. The maximum absolute atomic E-state index is 12.3. The van der Waals surface area contributed by atoms with Gasteiger partial charge in [0.2, 0.25) is 5.91 Å². The van der Waals surface area contributed by atoms with Gasteiger partial charge in [-0.1, -0.05) is 43.9 Å². The molecule has 1 fully saturated rings. The predicted molar refractivity (Wildman–Crippen MR) is 122 cm³/mol. The van der Waals surface area contributed by atoms with E-state index in [0.29, 0.717) is 17.4 Å². The van der Waals surface area contributed by atoms with Crippen LogP contribution in [-0.2, 0) is 33.7 Å². The molecule has 1 aliphatic carbocycles.